The van der Waals surface area contributed by atoms with Gasteiger partial charge in [0.1, 0.15) is 5.82 Å². The molecule has 4 nitrogen and oxygen atoms in total. The Balaban J connectivity index is 1.65. The van der Waals surface area contributed by atoms with E-state index in [1.807, 2.05) is 24.3 Å². The zero-order chi connectivity index (χ0) is 21.7. The first-order valence-electron chi connectivity index (χ1n) is 9.58. The number of amides is 1. The molecule has 156 valence electrons. The highest BCUT2D eigenvalue weighted by atomic mass is 19.4. The van der Waals surface area contributed by atoms with E-state index in [1.165, 1.54) is 24.3 Å². The number of pyridine rings is 1. The average molecular weight is 413 g/mol. The number of aromatic nitrogens is 1. The number of alkyl halides is 3. The van der Waals surface area contributed by atoms with Crippen molar-refractivity contribution in [3.8, 4) is 0 Å². The van der Waals surface area contributed by atoms with Gasteiger partial charge in [-0.3, -0.25) is 4.79 Å². The van der Waals surface area contributed by atoms with Crippen LogP contribution in [0.2, 0.25) is 0 Å². The van der Waals surface area contributed by atoms with Crippen LogP contribution in [-0.2, 0) is 11.0 Å². The Morgan fingerprint density at radius 2 is 1.83 bits per heavy atom. The Morgan fingerprint density at radius 3 is 2.50 bits per heavy atom. The van der Waals surface area contributed by atoms with Crippen LogP contribution < -0.4 is 10.6 Å². The number of anilines is 2. The largest absolute Gasteiger partial charge is 0.416 e. The second-order valence-corrected chi connectivity index (χ2v) is 7.00. The molecular formula is C23H22F3N3O. The lowest BCUT2D eigenvalue weighted by molar-refractivity contribution is -0.137. The van der Waals surface area contributed by atoms with Gasteiger partial charge in [0.25, 0.3) is 0 Å². The number of carbonyl (C=O) groups excluding carboxylic acids is 1. The minimum absolute atomic E-state index is 0.324. The number of fused-ring (bicyclic) bond motifs is 1. The van der Waals surface area contributed by atoms with Crippen molar-refractivity contribution in [3.63, 3.8) is 0 Å². The third-order valence-corrected chi connectivity index (χ3v) is 4.63. The van der Waals surface area contributed by atoms with Crippen molar-refractivity contribution < 1.29 is 18.0 Å². The SMILES string of the molecule is CC[C@@H](C)Nc1ccc2cc(NC(=O)/C=C/c3ccc(C(F)(F)F)cc3)ccc2n1. The summed E-state index contributed by atoms with van der Waals surface area (Å²) in [6.07, 6.45) is -0.643. The Labute approximate surface area is 172 Å². The number of carbonyl (C=O) groups is 1. The topological polar surface area (TPSA) is 54.0 Å². The van der Waals surface area contributed by atoms with Crippen LogP contribution in [0.25, 0.3) is 17.0 Å². The van der Waals surface area contributed by atoms with Crippen LogP contribution in [0.5, 0.6) is 0 Å². The molecule has 3 aromatic rings. The lowest BCUT2D eigenvalue weighted by Crippen LogP contribution is -2.14. The molecule has 0 fully saturated rings. The van der Waals surface area contributed by atoms with Crippen LogP contribution >= 0.6 is 0 Å². The van der Waals surface area contributed by atoms with Gasteiger partial charge in [-0.05, 0) is 67.4 Å². The molecule has 0 radical (unpaired) electrons. The number of rotatable bonds is 6. The second kappa shape index (κ2) is 8.98. The van der Waals surface area contributed by atoms with E-state index in [-0.39, 0.29) is 5.91 Å². The normalized spacial score (nSPS) is 12.8. The first-order chi connectivity index (χ1) is 14.2. The molecule has 1 amide bonds. The minimum atomic E-state index is -4.38. The van der Waals surface area contributed by atoms with E-state index in [9.17, 15) is 18.0 Å². The van der Waals surface area contributed by atoms with E-state index in [0.717, 1.165) is 35.3 Å². The lowest BCUT2D eigenvalue weighted by Gasteiger charge is -2.12. The Hall–Kier alpha value is -3.35. The van der Waals surface area contributed by atoms with Crippen molar-refractivity contribution in [2.75, 3.05) is 10.6 Å². The van der Waals surface area contributed by atoms with Gasteiger partial charge in [0.15, 0.2) is 0 Å². The van der Waals surface area contributed by atoms with Crippen molar-refractivity contribution >= 4 is 34.4 Å². The summed E-state index contributed by atoms with van der Waals surface area (Å²) >= 11 is 0. The van der Waals surface area contributed by atoms with Crippen molar-refractivity contribution in [1.82, 2.24) is 4.98 Å². The molecule has 0 saturated carbocycles. The smallest absolute Gasteiger partial charge is 0.368 e. The molecule has 7 heteroatoms. The van der Waals surface area contributed by atoms with E-state index < -0.39 is 11.7 Å². The molecule has 0 aliphatic heterocycles. The van der Waals surface area contributed by atoms with Gasteiger partial charge in [0.05, 0.1) is 11.1 Å². The van der Waals surface area contributed by atoms with Crippen molar-refractivity contribution in [3.05, 3.63) is 71.8 Å². The van der Waals surface area contributed by atoms with Crippen LogP contribution in [0.1, 0.15) is 31.4 Å². The van der Waals surface area contributed by atoms with Crippen LogP contribution in [0.4, 0.5) is 24.7 Å². The van der Waals surface area contributed by atoms with Crippen molar-refractivity contribution in [2.24, 2.45) is 0 Å². The number of halogens is 3. The first kappa shape index (κ1) is 21.4. The van der Waals surface area contributed by atoms with Crippen molar-refractivity contribution in [1.29, 1.82) is 0 Å². The number of benzene rings is 2. The van der Waals surface area contributed by atoms with Gasteiger partial charge in [0, 0.05) is 23.2 Å². The Bertz CT molecular complexity index is 1060. The summed E-state index contributed by atoms with van der Waals surface area (Å²) in [7, 11) is 0. The summed E-state index contributed by atoms with van der Waals surface area (Å²) in [5.41, 5.74) is 1.19. The number of nitrogens with one attached hydrogen (secondary N) is 2. The molecule has 0 aliphatic carbocycles. The highest BCUT2D eigenvalue weighted by Crippen LogP contribution is 2.29. The van der Waals surface area contributed by atoms with Gasteiger partial charge in [-0.1, -0.05) is 19.1 Å². The predicted molar refractivity (Wildman–Crippen MR) is 114 cm³/mol. The maximum absolute atomic E-state index is 12.6. The fourth-order valence-corrected chi connectivity index (χ4v) is 2.78. The van der Waals surface area contributed by atoms with Crippen molar-refractivity contribution in [2.45, 2.75) is 32.5 Å². The summed E-state index contributed by atoms with van der Waals surface area (Å²) in [6.45, 7) is 4.18. The fourth-order valence-electron chi connectivity index (χ4n) is 2.78. The molecule has 3 rings (SSSR count). The molecule has 30 heavy (non-hydrogen) atoms. The van der Waals surface area contributed by atoms with Crippen LogP contribution in [0, 0.1) is 0 Å². The van der Waals surface area contributed by atoms with Gasteiger partial charge < -0.3 is 10.6 Å². The zero-order valence-corrected chi connectivity index (χ0v) is 16.6. The zero-order valence-electron chi connectivity index (χ0n) is 16.6. The summed E-state index contributed by atoms with van der Waals surface area (Å²) in [5, 5.41) is 6.95. The maximum atomic E-state index is 12.6. The number of hydrogen-bond acceptors (Lipinski definition) is 3. The summed E-state index contributed by atoms with van der Waals surface area (Å²) in [5.74, 6) is 0.422. The Morgan fingerprint density at radius 1 is 1.10 bits per heavy atom. The summed E-state index contributed by atoms with van der Waals surface area (Å²) in [4.78, 5) is 16.7. The molecule has 0 unspecified atom stereocenters. The number of hydrogen-bond donors (Lipinski definition) is 2. The van der Waals surface area contributed by atoms with Gasteiger partial charge in [-0.2, -0.15) is 13.2 Å². The van der Waals surface area contributed by atoms with E-state index in [0.29, 0.717) is 17.3 Å². The molecule has 1 heterocycles. The van der Waals surface area contributed by atoms with Crippen LogP contribution in [0.15, 0.2) is 60.7 Å². The number of nitrogens with zero attached hydrogens (tertiary/aromatic N) is 1. The van der Waals surface area contributed by atoms with Gasteiger partial charge in [0.2, 0.25) is 5.91 Å². The summed E-state index contributed by atoms with van der Waals surface area (Å²) < 4.78 is 37.8. The van der Waals surface area contributed by atoms with Gasteiger partial charge >= 0.3 is 6.18 Å². The third-order valence-electron chi connectivity index (χ3n) is 4.63. The highest BCUT2D eigenvalue weighted by molar-refractivity contribution is 6.03. The highest BCUT2D eigenvalue weighted by Gasteiger charge is 2.29. The van der Waals surface area contributed by atoms with Crippen LogP contribution in [-0.4, -0.2) is 16.9 Å². The molecule has 2 aromatic carbocycles. The van der Waals surface area contributed by atoms with E-state index in [2.05, 4.69) is 29.5 Å². The maximum Gasteiger partial charge on any atom is 0.416 e. The predicted octanol–water partition coefficient (Wildman–Crippen LogP) is 6.12. The monoisotopic (exact) mass is 413 g/mol. The molecule has 2 N–H and O–H groups in total. The standard InChI is InChI=1S/C23H22F3N3O/c1-3-15(2)27-21-12-7-17-14-19(10-11-20(17)29-21)28-22(30)13-6-16-4-8-18(9-5-16)23(24,25)26/h4-15H,3H2,1-2H3,(H,27,29)(H,28,30)/b13-6+/t15-/m1/s1. The van der Waals surface area contributed by atoms with Crippen LogP contribution in [0.3, 0.4) is 0 Å². The molecule has 1 aromatic heterocycles. The lowest BCUT2D eigenvalue weighted by atomic mass is 10.1. The average Bonchev–Trinajstić information content (AvgIpc) is 2.72. The Kier molecular flexibility index (Phi) is 6.40. The first-order valence-corrected chi connectivity index (χ1v) is 9.58. The quantitative estimate of drug-likeness (QED) is 0.479. The third kappa shape index (κ3) is 5.59. The molecule has 0 spiro atoms. The summed E-state index contributed by atoms with van der Waals surface area (Å²) in [6, 6.07) is 14.2. The molecule has 0 saturated heterocycles. The minimum Gasteiger partial charge on any atom is -0.368 e. The van der Waals surface area contributed by atoms with Gasteiger partial charge in [-0.25, -0.2) is 4.98 Å². The van der Waals surface area contributed by atoms with E-state index >= 15 is 0 Å². The van der Waals surface area contributed by atoms with Gasteiger partial charge in [-0.15, -0.1) is 0 Å². The molecular weight excluding hydrogens is 391 g/mol. The molecule has 1 atom stereocenters. The van der Waals surface area contributed by atoms with E-state index in [4.69, 9.17) is 0 Å². The fraction of sp³-hybridized carbons (Fsp3) is 0.217. The molecule has 0 bridgehead atoms. The van der Waals surface area contributed by atoms with E-state index in [1.54, 1.807) is 6.07 Å². The second-order valence-electron chi connectivity index (χ2n) is 7.00. The molecule has 0 aliphatic rings.